The lowest BCUT2D eigenvalue weighted by Crippen LogP contribution is -2.07. The minimum absolute atomic E-state index is 0.116. The molecule has 0 saturated heterocycles. The molecule has 0 fully saturated rings. The van der Waals surface area contributed by atoms with E-state index in [0.29, 0.717) is 30.1 Å². The fraction of sp³-hybridized carbons (Fsp3) is 0.417. The molecule has 3 nitrogen and oxygen atoms in total. The first-order valence-corrected chi connectivity index (χ1v) is 8.00. The lowest BCUT2D eigenvalue weighted by atomic mass is 10.3. The minimum atomic E-state index is -0.918. The Balaban J connectivity index is 2.44. The van der Waals surface area contributed by atoms with Gasteiger partial charge in [0.2, 0.25) is 0 Å². The number of hydrogen-bond donors (Lipinski definition) is 0. The van der Waals surface area contributed by atoms with E-state index in [2.05, 4.69) is 4.98 Å². The van der Waals surface area contributed by atoms with Crippen molar-refractivity contribution in [2.24, 2.45) is 0 Å². The van der Waals surface area contributed by atoms with E-state index in [1.165, 1.54) is 6.07 Å². The molecule has 19 heavy (non-hydrogen) atoms. The third-order valence-electron chi connectivity index (χ3n) is 2.81. The Labute approximate surface area is 117 Å². The molecule has 0 aliphatic rings. The van der Waals surface area contributed by atoms with Crippen molar-refractivity contribution in [3.05, 3.63) is 29.6 Å². The largest absolute Gasteiger partial charge is 0.324 e. The van der Waals surface area contributed by atoms with Crippen molar-refractivity contribution in [2.45, 2.75) is 18.8 Å². The second kappa shape index (κ2) is 5.96. The van der Waals surface area contributed by atoms with Crippen LogP contribution in [0, 0.1) is 11.6 Å². The van der Waals surface area contributed by atoms with Gasteiger partial charge in [-0.25, -0.2) is 13.8 Å². The van der Waals surface area contributed by atoms with Crippen LogP contribution < -0.4 is 0 Å². The van der Waals surface area contributed by atoms with Crippen molar-refractivity contribution in [1.29, 1.82) is 0 Å². The van der Waals surface area contributed by atoms with Crippen LogP contribution in [0.4, 0.5) is 8.78 Å². The average Bonchev–Trinajstić information content (AvgIpc) is 2.72. The first kappa shape index (κ1) is 14.4. The predicted molar refractivity (Wildman–Crippen MR) is 72.8 cm³/mol. The lowest BCUT2D eigenvalue weighted by molar-refractivity contribution is 0.510. The molecule has 0 amide bonds. The molecule has 1 aromatic heterocycles. The summed E-state index contributed by atoms with van der Waals surface area (Å²) in [5, 5.41) is 0. The third kappa shape index (κ3) is 2.95. The third-order valence-corrected chi connectivity index (χ3v) is 3.91. The Bertz CT molecular complexity index is 630. The standard InChI is InChI=1S/C12H13ClF2N2OS/c1-19(18)6-2-5-17-10(7-13)16-9-4-3-8(14)11(15)12(9)17/h3-4H,2,5-7H2,1H3. The second-order valence-corrected chi connectivity index (χ2v) is 6.00. The molecule has 1 aromatic carbocycles. The summed E-state index contributed by atoms with van der Waals surface area (Å²) in [4.78, 5) is 4.18. The van der Waals surface area contributed by atoms with Gasteiger partial charge in [-0.2, -0.15) is 0 Å². The Morgan fingerprint density at radius 2 is 2.16 bits per heavy atom. The quantitative estimate of drug-likeness (QED) is 0.796. The van der Waals surface area contributed by atoms with Gasteiger partial charge in [0.15, 0.2) is 11.6 Å². The number of alkyl halides is 1. The van der Waals surface area contributed by atoms with Gasteiger partial charge in [0.05, 0.1) is 11.4 Å². The number of hydrogen-bond acceptors (Lipinski definition) is 2. The zero-order valence-corrected chi connectivity index (χ0v) is 11.9. The molecule has 1 heterocycles. The highest BCUT2D eigenvalue weighted by molar-refractivity contribution is 7.84. The van der Waals surface area contributed by atoms with Crippen LogP contribution in [0.15, 0.2) is 12.1 Å². The topological polar surface area (TPSA) is 34.9 Å². The van der Waals surface area contributed by atoms with Gasteiger partial charge >= 0.3 is 0 Å². The molecule has 0 radical (unpaired) electrons. The SMILES string of the molecule is CS(=O)CCCn1c(CCl)nc2ccc(F)c(F)c21. The number of halogens is 3. The van der Waals surface area contributed by atoms with E-state index in [-0.39, 0.29) is 11.4 Å². The van der Waals surface area contributed by atoms with Crippen molar-refractivity contribution in [1.82, 2.24) is 9.55 Å². The highest BCUT2D eigenvalue weighted by Crippen LogP contribution is 2.23. The highest BCUT2D eigenvalue weighted by Gasteiger charge is 2.16. The summed E-state index contributed by atoms with van der Waals surface area (Å²) in [5.41, 5.74) is 0.504. The van der Waals surface area contributed by atoms with Crippen LogP contribution in [0.3, 0.4) is 0 Å². The van der Waals surface area contributed by atoms with Crippen LogP contribution in [-0.2, 0) is 23.2 Å². The van der Waals surface area contributed by atoms with E-state index < -0.39 is 22.4 Å². The number of benzene rings is 1. The lowest BCUT2D eigenvalue weighted by Gasteiger charge is -2.07. The smallest absolute Gasteiger partial charge is 0.184 e. The molecule has 104 valence electrons. The number of rotatable bonds is 5. The van der Waals surface area contributed by atoms with Crippen LogP contribution in [0.1, 0.15) is 12.2 Å². The summed E-state index contributed by atoms with van der Waals surface area (Å²) in [6, 6.07) is 2.48. The van der Waals surface area contributed by atoms with Crippen LogP contribution in [0.5, 0.6) is 0 Å². The van der Waals surface area contributed by atoms with Gasteiger partial charge in [-0.1, -0.05) is 0 Å². The van der Waals surface area contributed by atoms with E-state index in [4.69, 9.17) is 11.6 Å². The molecule has 7 heteroatoms. The molecule has 2 aromatic rings. The van der Waals surface area contributed by atoms with Gasteiger partial charge in [0.1, 0.15) is 11.3 Å². The van der Waals surface area contributed by atoms with E-state index in [1.807, 2.05) is 0 Å². The number of nitrogens with zero attached hydrogens (tertiary/aromatic N) is 2. The van der Waals surface area contributed by atoms with Crippen LogP contribution >= 0.6 is 11.6 Å². The molecular formula is C12H13ClF2N2OS. The van der Waals surface area contributed by atoms with Gasteiger partial charge < -0.3 is 4.57 Å². The molecule has 0 saturated carbocycles. The number of aromatic nitrogens is 2. The van der Waals surface area contributed by atoms with E-state index >= 15 is 0 Å². The summed E-state index contributed by atoms with van der Waals surface area (Å²) in [7, 11) is -0.914. The van der Waals surface area contributed by atoms with E-state index in [9.17, 15) is 13.0 Å². The Morgan fingerprint density at radius 1 is 1.42 bits per heavy atom. The van der Waals surface area contributed by atoms with Crippen molar-refractivity contribution < 1.29 is 13.0 Å². The fourth-order valence-corrected chi connectivity index (χ4v) is 2.71. The zero-order chi connectivity index (χ0) is 14.0. The summed E-state index contributed by atoms with van der Waals surface area (Å²) in [6.07, 6.45) is 2.20. The monoisotopic (exact) mass is 306 g/mol. The summed E-state index contributed by atoms with van der Waals surface area (Å²) in [6.45, 7) is 0.415. The maximum Gasteiger partial charge on any atom is 0.184 e. The summed E-state index contributed by atoms with van der Waals surface area (Å²) < 4.78 is 39.8. The Kier molecular flexibility index (Phi) is 4.52. The van der Waals surface area contributed by atoms with Crippen LogP contribution in [-0.4, -0.2) is 25.8 Å². The molecule has 0 spiro atoms. The van der Waals surface area contributed by atoms with Crippen LogP contribution in [0.25, 0.3) is 11.0 Å². The van der Waals surface area contributed by atoms with Gasteiger partial charge in [0, 0.05) is 29.4 Å². The molecular weight excluding hydrogens is 294 g/mol. The highest BCUT2D eigenvalue weighted by atomic mass is 35.5. The summed E-state index contributed by atoms with van der Waals surface area (Å²) in [5.74, 6) is -0.723. The fourth-order valence-electron chi connectivity index (χ4n) is 1.97. The minimum Gasteiger partial charge on any atom is -0.324 e. The normalized spacial score (nSPS) is 13.1. The number of fused-ring (bicyclic) bond motifs is 1. The molecule has 0 aliphatic carbocycles. The van der Waals surface area contributed by atoms with E-state index in [1.54, 1.807) is 10.8 Å². The van der Waals surface area contributed by atoms with Gasteiger partial charge in [-0.05, 0) is 18.6 Å². The van der Waals surface area contributed by atoms with Gasteiger partial charge in [-0.3, -0.25) is 4.21 Å². The Hall–Kier alpha value is -1.01. The first-order chi connectivity index (χ1) is 9.04. The van der Waals surface area contributed by atoms with Crippen molar-refractivity contribution >= 4 is 33.4 Å². The number of imidazole rings is 1. The molecule has 0 bridgehead atoms. The van der Waals surface area contributed by atoms with E-state index in [0.717, 1.165) is 6.07 Å². The average molecular weight is 307 g/mol. The van der Waals surface area contributed by atoms with Crippen molar-refractivity contribution in [2.75, 3.05) is 12.0 Å². The Morgan fingerprint density at radius 3 is 2.79 bits per heavy atom. The van der Waals surface area contributed by atoms with Crippen molar-refractivity contribution in [3.63, 3.8) is 0 Å². The zero-order valence-electron chi connectivity index (χ0n) is 10.3. The van der Waals surface area contributed by atoms with Gasteiger partial charge in [-0.15, -0.1) is 11.6 Å². The van der Waals surface area contributed by atoms with Crippen molar-refractivity contribution in [3.8, 4) is 0 Å². The predicted octanol–water partition coefficient (Wildman–Crippen LogP) is 2.82. The first-order valence-electron chi connectivity index (χ1n) is 5.73. The summed E-state index contributed by atoms with van der Waals surface area (Å²) >= 11 is 5.78. The van der Waals surface area contributed by atoms with Crippen LogP contribution in [0.2, 0.25) is 0 Å². The molecule has 2 rings (SSSR count). The molecule has 1 atom stereocenters. The molecule has 0 N–H and O–H groups in total. The second-order valence-electron chi connectivity index (χ2n) is 4.17. The molecule has 0 aliphatic heterocycles. The molecule has 1 unspecified atom stereocenters. The van der Waals surface area contributed by atoms with Gasteiger partial charge in [0.25, 0.3) is 0 Å². The maximum atomic E-state index is 13.9. The number of aryl methyl sites for hydroxylation is 1. The maximum absolute atomic E-state index is 13.9.